The minimum Gasteiger partial charge on any atom is -0.367 e. The fraction of sp³-hybridized carbons (Fsp3) is 0.353. The van der Waals surface area contributed by atoms with Crippen LogP contribution in [0.15, 0.2) is 36.7 Å². The predicted molar refractivity (Wildman–Crippen MR) is 87.4 cm³/mol. The summed E-state index contributed by atoms with van der Waals surface area (Å²) in [6.07, 6.45) is 4.63. The van der Waals surface area contributed by atoms with Gasteiger partial charge in [0.15, 0.2) is 0 Å². The fourth-order valence-electron chi connectivity index (χ4n) is 2.67. The fourth-order valence-corrected chi connectivity index (χ4v) is 2.67. The zero-order valence-corrected chi connectivity index (χ0v) is 12.7. The topological polar surface area (TPSA) is 66.9 Å². The highest BCUT2D eigenvalue weighted by Crippen LogP contribution is 2.21. The minimum atomic E-state index is 0.319. The van der Waals surface area contributed by atoms with Crippen LogP contribution in [0.3, 0.4) is 0 Å². The lowest BCUT2D eigenvalue weighted by molar-refractivity contribution is -0.120. The SMILES string of the molecule is Cc1cccc(Nc2cc(NC3CCC(=O)CC3)ncn2)c1. The Morgan fingerprint density at radius 3 is 2.64 bits per heavy atom. The summed E-state index contributed by atoms with van der Waals surface area (Å²) in [4.78, 5) is 19.8. The van der Waals surface area contributed by atoms with Crippen LogP contribution in [-0.4, -0.2) is 21.8 Å². The van der Waals surface area contributed by atoms with Gasteiger partial charge in [0.1, 0.15) is 23.7 Å². The number of nitrogens with one attached hydrogen (secondary N) is 2. The molecule has 1 heterocycles. The third kappa shape index (κ3) is 3.81. The molecule has 22 heavy (non-hydrogen) atoms. The molecule has 0 saturated heterocycles. The normalized spacial score (nSPS) is 15.6. The van der Waals surface area contributed by atoms with Crippen molar-refractivity contribution in [1.82, 2.24) is 9.97 Å². The molecule has 1 aromatic carbocycles. The van der Waals surface area contributed by atoms with Crippen LogP contribution in [0.25, 0.3) is 0 Å². The summed E-state index contributed by atoms with van der Waals surface area (Å²) in [6, 6.07) is 10.4. The van der Waals surface area contributed by atoms with Crippen molar-refractivity contribution in [2.75, 3.05) is 10.6 Å². The van der Waals surface area contributed by atoms with Gasteiger partial charge in [-0.05, 0) is 37.5 Å². The lowest BCUT2D eigenvalue weighted by Gasteiger charge is -2.22. The summed E-state index contributed by atoms with van der Waals surface area (Å²) in [5, 5.41) is 6.68. The first kappa shape index (κ1) is 14.5. The van der Waals surface area contributed by atoms with Gasteiger partial charge < -0.3 is 10.6 Å². The zero-order chi connectivity index (χ0) is 15.4. The second-order valence-corrected chi connectivity index (χ2v) is 5.74. The van der Waals surface area contributed by atoms with Crippen molar-refractivity contribution in [1.29, 1.82) is 0 Å². The summed E-state index contributed by atoms with van der Waals surface area (Å²) in [6.45, 7) is 2.06. The smallest absolute Gasteiger partial charge is 0.135 e. The Morgan fingerprint density at radius 1 is 1.09 bits per heavy atom. The van der Waals surface area contributed by atoms with Crippen molar-refractivity contribution in [3.63, 3.8) is 0 Å². The Hall–Kier alpha value is -2.43. The average molecular weight is 296 g/mol. The molecule has 0 atom stereocenters. The van der Waals surface area contributed by atoms with E-state index in [1.807, 2.05) is 18.2 Å². The number of carbonyl (C=O) groups is 1. The van der Waals surface area contributed by atoms with Gasteiger partial charge in [-0.1, -0.05) is 12.1 Å². The van der Waals surface area contributed by atoms with Gasteiger partial charge in [0.2, 0.25) is 0 Å². The monoisotopic (exact) mass is 296 g/mol. The zero-order valence-electron chi connectivity index (χ0n) is 12.7. The summed E-state index contributed by atoms with van der Waals surface area (Å²) < 4.78 is 0. The van der Waals surface area contributed by atoms with E-state index in [1.165, 1.54) is 5.56 Å². The van der Waals surface area contributed by atoms with Gasteiger partial charge in [-0.3, -0.25) is 4.79 Å². The molecule has 1 aromatic heterocycles. The summed E-state index contributed by atoms with van der Waals surface area (Å²) in [7, 11) is 0. The maximum Gasteiger partial charge on any atom is 0.135 e. The maximum atomic E-state index is 11.3. The second kappa shape index (κ2) is 6.56. The number of carbonyl (C=O) groups excluding carboxylic acids is 1. The second-order valence-electron chi connectivity index (χ2n) is 5.74. The summed E-state index contributed by atoms with van der Waals surface area (Å²) in [5.74, 6) is 1.92. The lowest BCUT2D eigenvalue weighted by atomic mass is 9.94. The van der Waals surface area contributed by atoms with E-state index in [-0.39, 0.29) is 0 Å². The van der Waals surface area contributed by atoms with Crippen LogP contribution in [0.2, 0.25) is 0 Å². The number of aromatic nitrogens is 2. The molecule has 0 radical (unpaired) electrons. The molecule has 2 aromatic rings. The molecule has 1 aliphatic carbocycles. The number of hydrogen-bond acceptors (Lipinski definition) is 5. The Labute approximate surface area is 130 Å². The molecular weight excluding hydrogens is 276 g/mol. The number of nitrogens with zero attached hydrogens (tertiary/aromatic N) is 2. The Kier molecular flexibility index (Phi) is 4.32. The maximum absolute atomic E-state index is 11.3. The van der Waals surface area contributed by atoms with Crippen molar-refractivity contribution in [2.24, 2.45) is 0 Å². The molecule has 0 spiro atoms. The molecule has 0 amide bonds. The van der Waals surface area contributed by atoms with Gasteiger partial charge in [-0.2, -0.15) is 0 Å². The van der Waals surface area contributed by atoms with E-state index in [9.17, 15) is 4.79 Å². The van der Waals surface area contributed by atoms with E-state index in [0.717, 1.165) is 30.2 Å². The van der Waals surface area contributed by atoms with Crippen LogP contribution in [0.4, 0.5) is 17.3 Å². The summed E-state index contributed by atoms with van der Waals surface area (Å²) >= 11 is 0. The van der Waals surface area contributed by atoms with Crippen LogP contribution in [0.5, 0.6) is 0 Å². The van der Waals surface area contributed by atoms with Crippen LogP contribution < -0.4 is 10.6 Å². The largest absolute Gasteiger partial charge is 0.367 e. The molecule has 1 aliphatic rings. The lowest BCUT2D eigenvalue weighted by Crippen LogP contribution is -2.26. The van der Waals surface area contributed by atoms with Crippen LogP contribution >= 0.6 is 0 Å². The molecule has 114 valence electrons. The van der Waals surface area contributed by atoms with E-state index in [4.69, 9.17) is 0 Å². The van der Waals surface area contributed by atoms with Gasteiger partial charge in [-0.15, -0.1) is 0 Å². The number of Topliss-reactive ketones (excluding diaryl/α,β-unsaturated/α-hetero) is 1. The molecule has 0 bridgehead atoms. The molecule has 2 N–H and O–H groups in total. The van der Waals surface area contributed by atoms with Gasteiger partial charge >= 0.3 is 0 Å². The van der Waals surface area contributed by atoms with Crippen LogP contribution in [-0.2, 0) is 4.79 Å². The van der Waals surface area contributed by atoms with E-state index in [0.29, 0.717) is 24.7 Å². The molecule has 5 nitrogen and oxygen atoms in total. The van der Waals surface area contributed by atoms with E-state index < -0.39 is 0 Å². The van der Waals surface area contributed by atoms with Crippen molar-refractivity contribution >= 4 is 23.1 Å². The average Bonchev–Trinajstić information content (AvgIpc) is 2.50. The molecule has 0 unspecified atom stereocenters. The Morgan fingerprint density at radius 2 is 1.86 bits per heavy atom. The van der Waals surface area contributed by atoms with Gasteiger partial charge in [0, 0.05) is 30.6 Å². The third-order valence-corrected chi connectivity index (χ3v) is 3.85. The van der Waals surface area contributed by atoms with E-state index in [2.05, 4.69) is 39.7 Å². The van der Waals surface area contributed by atoms with Crippen molar-refractivity contribution < 1.29 is 4.79 Å². The van der Waals surface area contributed by atoms with Crippen LogP contribution in [0.1, 0.15) is 31.2 Å². The minimum absolute atomic E-state index is 0.319. The number of rotatable bonds is 4. The van der Waals surface area contributed by atoms with E-state index in [1.54, 1.807) is 6.33 Å². The van der Waals surface area contributed by atoms with Crippen molar-refractivity contribution in [3.8, 4) is 0 Å². The third-order valence-electron chi connectivity index (χ3n) is 3.85. The quantitative estimate of drug-likeness (QED) is 0.904. The van der Waals surface area contributed by atoms with Gasteiger partial charge in [-0.25, -0.2) is 9.97 Å². The highest BCUT2D eigenvalue weighted by Gasteiger charge is 2.18. The van der Waals surface area contributed by atoms with Crippen molar-refractivity contribution in [3.05, 3.63) is 42.2 Å². The molecule has 1 saturated carbocycles. The first-order valence-electron chi connectivity index (χ1n) is 7.63. The number of aryl methyl sites for hydroxylation is 1. The predicted octanol–water partition coefficient (Wildman–Crippen LogP) is 3.45. The standard InChI is InChI=1S/C17H20N4O/c1-12-3-2-4-14(9-12)21-17-10-16(18-11-19-17)20-13-5-7-15(22)8-6-13/h2-4,9-11,13H,5-8H2,1H3,(H2,18,19,20,21). The Balaban J connectivity index is 1.66. The Bertz CT molecular complexity index is 661. The van der Waals surface area contributed by atoms with Crippen molar-refractivity contribution in [2.45, 2.75) is 38.6 Å². The summed E-state index contributed by atoms with van der Waals surface area (Å²) in [5.41, 5.74) is 2.21. The number of benzene rings is 1. The highest BCUT2D eigenvalue weighted by atomic mass is 16.1. The number of anilines is 3. The molecule has 5 heteroatoms. The number of hydrogen-bond donors (Lipinski definition) is 2. The first-order valence-corrected chi connectivity index (χ1v) is 7.63. The van der Waals surface area contributed by atoms with Gasteiger partial charge in [0.05, 0.1) is 0 Å². The molecule has 0 aliphatic heterocycles. The van der Waals surface area contributed by atoms with E-state index >= 15 is 0 Å². The molecule has 1 fully saturated rings. The van der Waals surface area contributed by atoms with Gasteiger partial charge in [0.25, 0.3) is 0 Å². The van der Waals surface area contributed by atoms with Crippen LogP contribution in [0, 0.1) is 6.92 Å². The first-order chi connectivity index (χ1) is 10.7. The highest BCUT2D eigenvalue weighted by molar-refractivity contribution is 5.79. The molecule has 3 rings (SSSR count). The number of ketones is 1. The molecular formula is C17H20N4O.